The van der Waals surface area contributed by atoms with Gasteiger partial charge in [0.2, 0.25) is 5.91 Å². The standard InChI is InChI=1S/C12H18N4O7S/c1-5(17)16-12(22-2,9(13)20)10-15-7(8(18)19)6(4-24-10)3-23-11(14)21/h10,15H,3-4H2,1-2H3,(H2,13,20)(H2,14,21)(H,16,17)(H,18,19)/p-1. The third-order valence-electron chi connectivity index (χ3n) is 3.06. The van der Waals surface area contributed by atoms with Gasteiger partial charge in [-0.25, -0.2) is 4.79 Å². The normalized spacial score (nSPS) is 19.7. The van der Waals surface area contributed by atoms with E-state index in [4.69, 9.17) is 16.2 Å². The van der Waals surface area contributed by atoms with Crippen molar-refractivity contribution >= 4 is 35.6 Å². The van der Waals surface area contributed by atoms with Gasteiger partial charge < -0.3 is 41.5 Å². The van der Waals surface area contributed by atoms with Gasteiger partial charge >= 0.3 is 6.09 Å². The predicted molar refractivity (Wildman–Crippen MR) is 79.7 cm³/mol. The molecule has 134 valence electrons. The average Bonchev–Trinajstić information content (AvgIpc) is 2.49. The molecule has 11 nitrogen and oxygen atoms in total. The Morgan fingerprint density at radius 3 is 2.46 bits per heavy atom. The van der Waals surface area contributed by atoms with E-state index in [9.17, 15) is 24.3 Å². The molecule has 0 bridgehead atoms. The van der Waals surface area contributed by atoms with Crippen LogP contribution < -0.4 is 27.2 Å². The summed E-state index contributed by atoms with van der Waals surface area (Å²) < 4.78 is 9.64. The van der Waals surface area contributed by atoms with Crippen LogP contribution in [0, 0.1) is 0 Å². The molecule has 2 unspecified atom stereocenters. The lowest BCUT2D eigenvalue weighted by Gasteiger charge is -2.40. The molecule has 1 heterocycles. The van der Waals surface area contributed by atoms with Gasteiger partial charge in [-0.15, -0.1) is 11.8 Å². The van der Waals surface area contributed by atoms with Crippen molar-refractivity contribution in [2.24, 2.45) is 11.5 Å². The van der Waals surface area contributed by atoms with Crippen molar-refractivity contribution in [1.29, 1.82) is 0 Å². The van der Waals surface area contributed by atoms with Crippen LogP contribution >= 0.6 is 11.8 Å². The maximum Gasteiger partial charge on any atom is 0.404 e. The minimum Gasteiger partial charge on any atom is -0.543 e. The second-order valence-electron chi connectivity index (χ2n) is 4.69. The number of rotatable bonds is 7. The number of carboxylic acid groups (broad SMARTS) is 1. The monoisotopic (exact) mass is 361 g/mol. The summed E-state index contributed by atoms with van der Waals surface area (Å²) in [4.78, 5) is 45.2. The molecule has 0 spiro atoms. The number of hydrogen-bond acceptors (Lipinski definition) is 9. The molecule has 0 radical (unpaired) electrons. The average molecular weight is 361 g/mol. The zero-order valence-electron chi connectivity index (χ0n) is 12.9. The lowest BCUT2D eigenvalue weighted by Crippen LogP contribution is -2.68. The zero-order valence-corrected chi connectivity index (χ0v) is 13.7. The van der Waals surface area contributed by atoms with Crippen molar-refractivity contribution < 1.29 is 33.8 Å². The van der Waals surface area contributed by atoms with E-state index in [1.807, 2.05) is 0 Å². The van der Waals surface area contributed by atoms with E-state index in [1.54, 1.807) is 0 Å². The Hall–Kier alpha value is -2.47. The largest absolute Gasteiger partial charge is 0.543 e. The summed E-state index contributed by atoms with van der Waals surface area (Å²) in [6, 6.07) is 0. The summed E-state index contributed by atoms with van der Waals surface area (Å²) in [7, 11) is 1.14. The van der Waals surface area contributed by atoms with E-state index in [0.717, 1.165) is 25.8 Å². The number of nitrogens with one attached hydrogen (secondary N) is 2. The number of amides is 3. The van der Waals surface area contributed by atoms with Crippen molar-refractivity contribution in [3.63, 3.8) is 0 Å². The summed E-state index contributed by atoms with van der Waals surface area (Å²) in [5.41, 5.74) is 7.93. The fraction of sp³-hybridized carbons (Fsp3) is 0.500. The summed E-state index contributed by atoms with van der Waals surface area (Å²) in [6.45, 7) is 0.772. The van der Waals surface area contributed by atoms with Gasteiger partial charge in [-0.05, 0) is 0 Å². The minimum absolute atomic E-state index is 0.0340. The highest BCUT2D eigenvalue weighted by Crippen LogP contribution is 2.30. The number of carboxylic acids is 1. The number of carbonyl (C=O) groups excluding carboxylic acids is 4. The maximum absolute atomic E-state index is 11.8. The van der Waals surface area contributed by atoms with Gasteiger partial charge in [-0.2, -0.15) is 0 Å². The maximum atomic E-state index is 11.8. The molecular formula is C12H17N4O7S-. The molecule has 0 aliphatic carbocycles. The van der Waals surface area contributed by atoms with Crippen molar-refractivity contribution in [2.45, 2.75) is 18.0 Å². The van der Waals surface area contributed by atoms with Gasteiger partial charge in [-0.3, -0.25) is 9.59 Å². The topological polar surface area (TPSA) is 186 Å². The first-order chi connectivity index (χ1) is 11.1. The SMILES string of the molecule is COC(NC(C)=O)(C(N)=O)C1NC(C(=O)[O-])=C(COC(N)=O)CS1. The van der Waals surface area contributed by atoms with Crippen LogP contribution in [0.1, 0.15) is 6.92 Å². The molecule has 2 atom stereocenters. The lowest BCUT2D eigenvalue weighted by atomic mass is 10.1. The number of hydrogen-bond donors (Lipinski definition) is 4. The molecule has 1 aliphatic heterocycles. The molecule has 24 heavy (non-hydrogen) atoms. The molecule has 0 saturated heterocycles. The molecule has 3 amide bonds. The number of carbonyl (C=O) groups is 4. The molecule has 0 saturated carbocycles. The third kappa shape index (κ3) is 4.29. The fourth-order valence-electron chi connectivity index (χ4n) is 2.00. The van der Waals surface area contributed by atoms with Crippen LogP contribution in [-0.4, -0.2) is 54.4 Å². The van der Waals surface area contributed by atoms with Gasteiger partial charge in [-0.1, -0.05) is 0 Å². The van der Waals surface area contributed by atoms with Gasteiger partial charge in [0.25, 0.3) is 11.6 Å². The van der Waals surface area contributed by atoms with E-state index < -0.39 is 40.7 Å². The molecule has 1 aliphatic rings. The first kappa shape index (κ1) is 19.6. The quantitative estimate of drug-likeness (QED) is 0.337. The number of nitrogens with two attached hydrogens (primary N) is 2. The Kier molecular flexibility index (Phi) is 6.42. The Balaban J connectivity index is 3.15. The number of methoxy groups -OCH3 is 1. The molecule has 12 heteroatoms. The van der Waals surface area contributed by atoms with Crippen LogP contribution in [0.2, 0.25) is 0 Å². The lowest BCUT2D eigenvalue weighted by molar-refractivity contribution is -0.300. The Morgan fingerprint density at radius 1 is 1.42 bits per heavy atom. The van der Waals surface area contributed by atoms with E-state index in [-0.39, 0.29) is 17.9 Å². The molecule has 0 aromatic rings. The highest BCUT2D eigenvalue weighted by molar-refractivity contribution is 8.00. The van der Waals surface area contributed by atoms with Crippen LogP contribution in [0.25, 0.3) is 0 Å². The van der Waals surface area contributed by atoms with Crippen LogP contribution in [0.3, 0.4) is 0 Å². The molecular weight excluding hydrogens is 344 g/mol. The summed E-state index contributed by atoms with van der Waals surface area (Å²) in [5.74, 6) is -3.20. The van der Waals surface area contributed by atoms with Gasteiger partial charge in [0.05, 0.1) is 11.7 Å². The zero-order chi connectivity index (χ0) is 18.5. The Labute approximate surface area is 141 Å². The molecule has 1 rings (SSSR count). The summed E-state index contributed by atoms with van der Waals surface area (Å²) >= 11 is 1.01. The Bertz CT molecular complexity index is 594. The third-order valence-corrected chi connectivity index (χ3v) is 4.36. The van der Waals surface area contributed by atoms with Crippen LogP contribution in [-0.2, 0) is 23.9 Å². The molecule has 0 fully saturated rings. The number of ether oxygens (including phenoxy) is 2. The minimum atomic E-state index is -1.99. The van der Waals surface area contributed by atoms with Gasteiger partial charge in [0.15, 0.2) is 0 Å². The second-order valence-corrected chi connectivity index (χ2v) is 5.79. The van der Waals surface area contributed by atoms with E-state index in [1.165, 1.54) is 0 Å². The van der Waals surface area contributed by atoms with E-state index in [2.05, 4.69) is 15.4 Å². The van der Waals surface area contributed by atoms with E-state index in [0.29, 0.717) is 0 Å². The van der Waals surface area contributed by atoms with Crippen molar-refractivity contribution in [3.05, 3.63) is 11.3 Å². The fourth-order valence-corrected chi connectivity index (χ4v) is 3.30. The van der Waals surface area contributed by atoms with Gasteiger partial charge in [0.1, 0.15) is 12.0 Å². The summed E-state index contributed by atoms with van der Waals surface area (Å²) in [5, 5.41) is 15.0. The second kappa shape index (κ2) is 7.88. The van der Waals surface area contributed by atoms with E-state index >= 15 is 0 Å². The van der Waals surface area contributed by atoms with Crippen molar-refractivity contribution in [3.8, 4) is 0 Å². The molecule has 0 aromatic carbocycles. The van der Waals surface area contributed by atoms with Crippen LogP contribution in [0.5, 0.6) is 0 Å². The number of thioether (sulfide) groups is 1. The summed E-state index contributed by atoms with van der Waals surface area (Å²) in [6.07, 6.45) is -1.08. The van der Waals surface area contributed by atoms with Crippen molar-refractivity contribution in [1.82, 2.24) is 10.6 Å². The molecule has 6 N–H and O–H groups in total. The molecule has 0 aromatic heterocycles. The predicted octanol–water partition coefficient (Wildman–Crippen LogP) is -3.29. The first-order valence-electron chi connectivity index (χ1n) is 6.51. The Morgan fingerprint density at radius 2 is 2.04 bits per heavy atom. The van der Waals surface area contributed by atoms with Gasteiger partial charge in [0, 0.05) is 25.4 Å². The highest BCUT2D eigenvalue weighted by atomic mass is 32.2. The van der Waals surface area contributed by atoms with Crippen LogP contribution in [0.4, 0.5) is 4.79 Å². The first-order valence-corrected chi connectivity index (χ1v) is 7.56. The van der Waals surface area contributed by atoms with Crippen LogP contribution in [0.15, 0.2) is 11.3 Å². The number of aliphatic carboxylic acids is 1. The highest BCUT2D eigenvalue weighted by Gasteiger charge is 2.48. The van der Waals surface area contributed by atoms with Crippen molar-refractivity contribution in [2.75, 3.05) is 19.5 Å². The number of primary amides is 2. The smallest absolute Gasteiger partial charge is 0.404 e.